The van der Waals surface area contributed by atoms with E-state index in [0.717, 1.165) is 0 Å². The van der Waals surface area contributed by atoms with Gasteiger partial charge in [0.25, 0.3) is 0 Å². The maximum atomic E-state index is 13.3. The third-order valence-corrected chi connectivity index (χ3v) is 5.59. The minimum Gasteiger partial charge on any atom is -0.323 e. The molecule has 0 spiro atoms. The van der Waals surface area contributed by atoms with Gasteiger partial charge in [-0.3, -0.25) is 29.4 Å². The van der Waals surface area contributed by atoms with Gasteiger partial charge in [-0.05, 0) is 27.7 Å². The van der Waals surface area contributed by atoms with Crippen LogP contribution in [0.15, 0.2) is 60.7 Å². The van der Waals surface area contributed by atoms with E-state index in [0.29, 0.717) is 11.1 Å². The average Bonchev–Trinajstić information content (AvgIpc) is 2.80. The van der Waals surface area contributed by atoms with Crippen molar-refractivity contribution >= 4 is 23.1 Å². The van der Waals surface area contributed by atoms with Crippen molar-refractivity contribution in [2.45, 2.75) is 51.5 Å². The summed E-state index contributed by atoms with van der Waals surface area (Å²) in [5.74, 6) is -1.47. The normalized spacial score (nSPS) is 14.3. The van der Waals surface area contributed by atoms with Gasteiger partial charge in [-0.25, -0.2) is 0 Å². The van der Waals surface area contributed by atoms with Crippen molar-refractivity contribution in [3.63, 3.8) is 0 Å². The Kier molecular flexibility index (Phi) is 9.52. The Balaban J connectivity index is 2.28. The molecule has 0 aliphatic rings. The molecule has 0 aliphatic carbocycles. The summed E-state index contributed by atoms with van der Waals surface area (Å²) in [7, 11) is 0. The molecule has 0 heterocycles. The molecule has 0 bridgehead atoms. The van der Waals surface area contributed by atoms with Crippen LogP contribution in [0.25, 0.3) is 0 Å². The van der Waals surface area contributed by atoms with Crippen LogP contribution in [0, 0.1) is 0 Å². The van der Waals surface area contributed by atoms with Crippen molar-refractivity contribution in [3.05, 3.63) is 71.8 Å². The largest absolute Gasteiger partial charge is 0.323 e. The van der Waals surface area contributed by atoms with Crippen LogP contribution < -0.4 is 16.8 Å². The van der Waals surface area contributed by atoms with Crippen LogP contribution in [0.5, 0.6) is 0 Å². The summed E-state index contributed by atoms with van der Waals surface area (Å²) in [6.07, 6.45) is -0.850. The van der Waals surface area contributed by atoms with E-state index in [9.17, 15) is 19.2 Å². The molecule has 5 N–H and O–H groups in total. The lowest BCUT2D eigenvalue weighted by Crippen LogP contribution is -2.66. The topological polar surface area (TPSA) is 136 Å². The quantitative estimate of drug-likeness (QED) is 0.230. The van der Waals surface area contributed by atoms with Crippen molar-refractivity contribution in [2.75, 3.05) is 13.1 Å². The number of nitrogens with one attached hydrogen (secondary N) is 1. The predicted molar refractivity (Wildman–Crippen MR) is 131 cm³/mol. The van der Waals surface area contributed by atoms with Crippen LogP contribution in [0.1, 0.15) is 48.4 Å². The summed E-state index contributed by atoms with van der Waals surface area (Å²) in [6.45, 7) is 6.32. The minimum atomic E-state index is -1.16. The van der Waals surface area contributed by atoms with Gasteiger partial charge in [0.15, 0.2) is 23.1 Å². The van der Waals surface area contributed by atoms with Gasteiger partial charge in [0.1, 0.15) is 12.1 Å². The number of hydrogen-bond donors (Lipinski definition) is 3. The molecule has 0 fully saturated rings. The molecule has 3 atom stereocenters. The highest BCUT2D eigenvalue weighted by molar-refractivity contribution is 6.14. The van der Waals surface area contributed by atoms with Gasteiger partial charge in [0, 0.05) is 29.8 Å². The zero-order valence-electron chi connectivity index (χ0n) is 20.2. The summed E-state index contributed by atoms with van der Waals surface area (Å²) < 4.78 is 0. The van der Waals surface area contributed by atoms with E-state index in [-0.39, 0.29) is 30.4 Å². The highest BCUT2D eigenvalue weighted by Gasteiger charge is 2.38. The second-order valence-electron chi connectivity index (χ2n) is 8.98. The molecule has 8 heteroatoms. The molecule has 182 valence electrons. The zero-order chi connectivity index (χ0) is 25.5. The van der Waals surface area contributed by atoms with Gasteiger partial charge >= 0.3 is 0 Å². The van der Waals surface area contributed by atoms with E-state index in [1.165, 1.54) is 18.7 Å². The number of rotatable bonds is 13. The molecular formula is C26H34N4O4. The Labute approximate surface area is 200 Å². The summed E-state index contributed by atoms with van der Waals surface area (Å²) in [5, 5.41) is 2.97. The molecule has 2 aromatic rings. The molecule has 0 radical (unpaired) electrons. The molecular weight excluding hydrogens is 432 g/mol. The highest BCUT2D eigenvalue weighted by Crippen LogP contribution is 2.17. The lowest BCUT2D eigenvalue weighted by Gasteiger charge is -2.40. The Morgan fingerprint density at radius 3 is 1.74 bits per heavy atom. The first-order chi connectivity index (χ1) is 15.9. The van der Waals surface area contributed by atoms with Gasteiger partial charge in [0.2, 0.25) is 0 Å². The van der Waals surface area contributed by atoms with Crippen LogP contribution in [0.4, 0.5) is 0 Å². The van der Waals surface area contributed by atoms with Crippen LogP contribution >= 0.6 is 0 Å². The van der Waals surface area contributed by atoms with Gasteiger partial charge in [0.05, 0.1) is 6.17 Å². The lowest BCUT2D eigenvalue weighted by atomic mass is 9.95. The first kappa shape index (κ1) is 27.2. The smallest absolute Gasteiger partial charge is 0.187 e. The number of benzene rings is 2. The van der Waals surface area contributed by atoms with E-state index < -0.39 is 29.6 Å². The number of ketones is 4. The molecule has 0 saturated carbocycles. The van der Waals surface area contributed by atoms with Gasteiger partial charge in [-0.2, -0.15) is 0 Å². The number of hydrogen-bond acceptors (Lipinski definition) is 8. The Morgan fingerprint density at radius 2 is 1.32 bits per heavy atom. The summed E-state index contributed by atoms with van der Waals surface area (Å²) >= 11 is 0. The first-order valence-electron chi connectivity index (χ1n) is 11.2. The van der Waals surface area contributed by atoms with E-state index in [1.807, 2.05) is 0 Å². The number of nitrogens with two attached hydrogens (primary N) is 2. The minimum absolute atomic E-state index is 0.108. The molecule has 8 nitrogen and oxygen atoms in total. The Hall–Kier alpha value is -3.04. The molecule has 0 amide bonds. The second kappa shape index (κ2) is 11.9. The molecule has 0 saturated heterocycles. The van der Waals surface area contributed by atoms with Crippen LogP contribution in [0.3, 0.4) is 0 Å². The molecule has 0 aromatic heterocycles. The number of carbonyl (C=O) groups excluding carboxylic acids is 4. The molecule has 2 aromatic carbocycles. The molecule has 2 rings (SSSR count). The monoisotopic (exact) mass is 466 g/mol. The van der Waals surface area contributed by atoms with E-state index >= 15 is 0 Å². The fraction of sp³-hybridized carbons (Fsp3) is 0.385. The van der Waals surface area contributed by atoms with Gasteiger partial charge < -0.3 is 11.5 Å². The number of carbonyl (C=O) groups is 4. The van der Waals surface area contributed by atoms with Crippen LogP contribution in [-0.4, -0.2) is 64.9 Å². The summed E-state index contributed by atoms with van der Waals surface area (Å²) in [6, 6.07) is 14.8. The van der Waals surface area contributed by atoms with Crippen molar-refractivity contribution in [1.29, 1.82) is 0 Å². The molecule has 34 heavy (non-hydrogen) atoms. The van der Waals surface area contributed by atoms with Gasteiger partial charge in [-0.15, -0.1) is 0 Å². The zero-order valence-corrected chi connectivity index (χ0v) is 20.2. The second-order valence-corrected chi connectivity index (χ2v) is 8.98. The van der Waals surface area contributed by atoms with Crippen molar-refractivity contribution in [3.8, 4) is 0 Å². The number of Topliss-reactive ketones (excluding diaryl/α,β-unsaturated/α-hetero) is 4. The van der Waals surface area contributed by atoms with E-state index in [1.54, 1.807) is 74.5 Å². The number of nitrogens with zero attached hydrogens (tertiary/aromatic N) is 1. The van der Waals surface area contributed by atoms with Gasteiger partial charge in [-0.1, -0.05) is 60.7 Å². The highest BCUT2D eigenvalue weighted by atomic mass is 16.2. The fourth-order valence-electron chi connectivity index (χ4n) is 3.71. The average molecular weight is 467 g/mol. The summed E-state index contributed by atoms with van der Waals surface area (Å²) in [4.78, 5) is 52.5. The Bertz CT molecular complexity index is 1000. The first-order valence-corrected chi connectivity index (χ1v) is 11.2. The maximum Gasteiger partial charge on any atom is 0.187 e. The molecule has 3 unspecified atom stereocenters. The standard InChI is InChI=1S/C26H34N4O4/c1-17(31)21(23(33)19-11-7-5-8-12-19)29-15-16-30(25(27)26(3,4)28)22(18(2)32)24(34)20-13-9-6-10-14-20/h5-14,21-22,25,29H,15-16,27-28H2,1-4H3. The van der Waals surface area contributed by atoms with E-state index in [4.69, 9.17) is 11.5 Å². The third kappa shape index (κ3) is 6.98. The molecule has 0 aliphatic heterocycles. The Morgan fingerprint density at radius 1 is 0.853 bits per heavy atom. The predicted octanol–water partition coefficient (Wildman–Crippen LogP) is 1.58. The van der Waals surface area contributed by atoms with Crippen molar-refractivity contribution in [2.24, 2.45) is 11.5 Å². The van der Waals surface area contributed by atoms with E-state index in [2.05, 4.69) is 5.32 Å². The van der Waals surface area contributed by atoms with Crippen molar-refractivity contribution < 1.29 is 19.2 Å². The fourth-order valence-corrected chi connectivity index (χ4v) is 3.71. The van der Waals surface area contributed by atoms with Crippen molar-refractivity contribution in [1.82, 2.24) is 10.2 Å². The summed E-state index contributed by atoms with van der Waals surface area (Å²) in [5.41, 5.74) is 12.5. The van der Waals surface area contributed by atoms with Crippen LogP contribution in [0.2, 0.25) is 0 Å². The maximum absolute atomic E-state index is 13.3. The SMILES string of the molecule is CC(=O)C(NCCN(C(C(C)=O)C(=O)c1ccccc1)C(N)C(C)(C)N)C(=O)c1ccccc1. The van der Waals surface area contributed by atoms with Crippen LogP contribution in [-0.2, 0) is 9.59 Å². The lowest BCUT2D eigenvalue weighted by molar-refractivity contribution is -0.122. The third-order valence-electron chi connectivity index (χ3n) is 5.59.